The normalized spacial score (nSPS) is 19.3. The second-order valence-electron chi connectivity index (χ2n) is 8.70. The van der Waals surface area contributed by atoms with E-state index in [9.17, 15) is 0 Å². The molecular weight excluding hydrogens is 303 g/mol. The molecule has 1 heterocycles. The van der Waals surface area contributed by atoms with Crippen LogP contribution >= 0.6 is 0 Å². The van der Waals surface area contributed by atoms with Crippen LogP contribution in [0.1, 0.15) is 67.7 Å². The summed E-state index contributed by atoms with van der Waals surface area (Å²) >= 11 is 0. The summed E-state index contributed by atoms with van der Waals surface area (Å²) in [5.41, 5.74) is -0.264. The summed E-state index contributed by atoms with van der Waals surface area (Å²) in [7, 11) is -1.09. The van der Waals surface area contributed by atoms with Gasteiger partial charge in [0.25, 0.3) is 0 Å². The summed E-state index contributed by atoms with van der Waals surface area (Å²) in [4.78, 5) is 0. The minimum absolute atomic E-state index is 0.132. The molecule has 0 amide bonds. The van der Waals surface area contributed by atoms with Crippen LogP contribution in [0.2, 0.25) is 18.1 Å². The van der Waals surface area contributed by atoms with Crippen molar-refractivity contribution < 1.29 is 13.7 Å². The Morgan fingerprint density at radius 2 is 1.52 bits per heavy atom. The first-order valence-corrected chi connectivity index (χ1v) is 11.5. The van der Waals surface area contributed by atoms with Crippen LogP contribution < -0.4 is 0 Å². The molecule has 0 aromatic rings. The Labute approximate surface area is 146 Å². The highest BCUT2D eigenvalue weighted by Crippen LogP contribution is 2.36. The van der Waals surface area contributed by atoms with Crippen LogP contribution in [0.3, 0.4) is 0 Å². The van der Waals surface area contributed by atoms with Gasteiger partial charge < -0.3 is 13.7 Å². The molecule has 1 fully saturated rings. The minimum atomic E-state index is -1.52. The molecule has 0 bridgehead atoms. The van der Waals surface area contributed by atoms with E-state index in [0.717, 1.165) is 25.9 Å². The summed E-state index contributed by atoms with van der Waals surface area (Å²) in [6.45, 7) is 20.4. The maximum Gasteiger partial charge on any atom is 0.439 e. The lowest BCUT2D eigenvalue weighted by molar-refractivity contribution is 0.00578. The van der Waals surface area contributed by atoms with Crippen molar-refractivity contribution in [1.29, 1.82) is 0 Å². The number of hydrogen-bond acceptors (Lipinski definition) is 3. The highest BCUT2D eigenvalue weighted by molar-refractivity contribution is 6.74. The van der Waals surface area contributed by atoms with Crippen molar-refractivity contribution >= 4 is 16.0 Å². The van der Waals surface area contributed by atoms with Gasteiger partial charge in [-0.1, -0.05) is 20.8 Å². The molecule has 0 radical (unpaired) electrons. The third-order valence-electron chi connectivity index (χ3n) is 5.27. The van der Waals surface area contributed by atoms with Gasteiger partial charge >= 0.3 is 7.69 Å². The molecule has 134 valence electrons. The molecule has 0 saturated carbocycles. The highest BCUT2D eigenvalue weighted by Gasteiger charge is 2.44. The average molecular weight is 340 g/mol. The van der Waals surface area contributed by atoms with Crippen LogP contribution in [0.5, 0.6) is 0 Å². The molecule has 0 aromatic heterocycles. The van der Waals surface area contributed by atoms with Crippen molar-refractivity contribution in [2.75, 3.05) is 6.61 Å². The molecule has 3 nitrogen and oxygen atoms in total. The minimum Gasteiger partial charge on any atom is -0.417 e. The second kappa shape index (κ2) is 8.71. The Morgan fingerprint density at radius 3 is 1.83 bits per heavy atom. The quantitative estimate of drug-likeness (QED) is 0.414. The number of unbranched alkanes of at least 4 members (excludes halogenated alkanes) is 2. The number of terminal acetylenes is 1. The highest BCUT2D eigenvalue weighted by atomic mass is 28.4. The Bertz CT molecular complexity index is 378. The lowest BCUT2D eigenvalue weighted by Crippen LogP contribution is -2.41. The van der Waals surface area contributed by atoms with Crippen molar-refractivity contribution in [3.8, 4) is 12.3 Å². The van der Waals surface area contributed by atoms with Crippen LogP contribution in [0.15, 0.2) is 0 Å². The van der Waals surface area contributed by atoms with E-state index in [1.807, 2.05) is 27.7 Å². The standard InChI is InChI=1S/C12H24OSi.C6H13BO2/c1-7-8-9-10-11-13-14(5,6)12(2,3)4;1-5(2)6(3,4)9-7-8-5/h1H,8-11H2,2-6H3;7H,1-4H3. The fourth-order valence-electron chi connectivity index (χ4n) is 1.54. The van der Waals surface area contributed by atoms with Gasteiger partial charge in [-0.25, -0.2) is 0 Å². The van der Waals surface area contributed by atoms with Gasteiger partial charge in [-0.3, -0.25) is 0 Å². The molecule has 1 rings (SSSR count). The van der Waals surface area contributed by atoms with Crippen molar-refractivity contribution in [3.63, 3.8) is 0 Å². The topological polar surface area (TPSA) is 27.7 Å². The molecule has 1 saturated heterocycles. The zero-order chi connectivity index (χ0) is 18.4. The third-order valence-corrected chi connectivity index (χ3v) is 9.81. The van der Waals surface area contributed by atoms with Crippen LogP contribution in [-0.2, 0) is 13.7 Å². The summed E-state index contributed by atoms with van der Waals surface area (Å²) in [5.74, 6) is 2.65. The summed E-state index contributed by atoms with van der Waals surface area (Å²) in [6, 6.07) is 0. The van der Waals surface area contributed by atoms with Crippen LogP contribution in [0.25, 0.3) is 0 Å². The predicted octanol–water partition coefficient (Wildman–Crippen LogP) is 4.67. The average Bonchev–Trinajstić information content (AvgIpc) is 2.61. The van der Waals surface area contributed by atoms with E-state index < -0.39 is 8.32 Å². The summed E-state index contributed by atoms with van der Waals surface area (Å²) in [6.07, 6.45) is 8.24. The van der Waals surface area contributed by atoms with Crippen molar-refractivity contribution in [1.82, 2.24) is 0 Å². The molecule has 5 heteroatoms. The van der Waals surface area contributed by atoms with Crippen LogP contribution in [0, 0.1) is 12.3 Å². The van der Waals surface area contributed by atoms with Crippen molar-refractivity contribution in [2.24, 2.45) is 0 Å². The number of hydrogen-bond donors (Lipinski definition) is 0. The summed E-state index contributed by atoms with van der Waals surface area (Å²) < 4.78 is 16.7. The zero-order valence-electron chi connectivity index (χ0n) is 16.8. The fraction of sp³-hybridized carbons (Fsp3) is 0.889. The van der Waals surface area contributed by atoms with Gasteiger partial charge in [-0.15, -0.1) is 12.3 Å². The SMILES string of the molecule is C#CCCCCO[Si](C)(C)C(C)(C)C.CC1(C)OBOC1(C)C. The van der Waals surface area contributed by atoms with Crippen LogP contribution in [0.4, 0.5) is 0 Å². The van der Waals surface area contributed by atoms with Gasteiger partial charge in [0, 0.05) is 13.0 Å². The zero-order valence-corrected chi connectivity index (χ0v) is 17.8. The van der Waals surface area contributed by atoms with Crippen LogP contribution in [-0.4, -0.2) is 33.8 Å². The molecular formula is C18H37BO3Si. The van der Waals surface area contributed by atoms with Gasteiger partial charge in [0.1, 0.15) is 0 Å². The molecule has 0 atom stereocenters. The first-order valence-electron chi connectivity index (χ1n) is 8.62. The number of rotatable bonds is 5. The lowest BCUT2D eigenvalue weighted by atomic mass is 9.90. The van der Waals surface area contributed by atoms with Crippen molar-refractivity contribution in [3.05, 3.63) is 0 Å². The third kappa shape index (κ3) is 7.43. The Balaban J connectivity index is 0.000000459. The molecule has 23 heavy (non-hydrogen) atoms. The maximum atomic E-state index is 6.01. The van der Waals surface area contributed by atoms with E-state index in [4.69, 9.17) is 20.2 Å². The van der Waals surface area contributed by atoms with Gasteiger partial charge in [0.05, 0.1) is 11.2 Å². The van der Waals surface area contributed by atoms with Crippen molar-refractivity contribution in [2.45, 2.75) is 97.1 Å². The van der Waals surface area contributed by atoms with Gasteiger partial charge in [-0.2, -0.15) is 0 Å². The molecule has 0 aliphatic carbocycles. The molecule has 0 spiro atoms. The second-order valence-corrected chi connectivity index (χ2v) is 13.5. The molecule has 1 aliphatic heterocycles. The Hall–Kier alpha value is -0.278. The maximum absolute atomic E-state index is 6.01. The summed E-state index contributed by atoms with van der Waals surface area (Å²) in [5, 5.41) is 0.319. The lowest BCUT2D eigenvalue weighted by Gasteiger charge is -2.36. The van der Waals surface area contributed by atoms with Gasteiger partial charge in [0.2, 0.25) is 0 Å². The molecule has 0 aromatic carbocycles. The predicted molar refractivity (Wildman–Crippen MR) is 103 cm³/mol. The van der Waals surface area contributed by atoms with E-state index in [-0.39, 0.29) is 11.2 Å². The Kier molecular flexibility index (Phi) is 8.61. The smallest absolute Gasteiger partial charge is 0.417 e. The van der Waals surface area contributed by atoms with E-state index in [2.05, 4.69) is 39.8 Å². The van der Waals surface area contributed by atoms with Gasteiger partial charge in [0.15, 0.2) is 8.32 Å². The first-order chi connectivity index (χ1) is 10.3. The van der Waals surface area contributed by atoms with E-state index >= 15 is 0 Å². The first kappa shape index (κ1) is 22.7. The van der Waals surface area contributed by atoms with E-state index in [1.54, 1.807) is 0 Å². The van der Waals surface area contributed by atoms with E-state index in [1.165, 1.54) is 0 Å². The van der Waals surface area contributed by atoms with E-state index in [0.29, 0.717) is 12.7 Å². The molecule has 0 unspecified atom stereocenters. The molecule has 0 N–H and O–H groups in total. The Morgan fingerprint density at radius 1 is 1.04 bits per heavy atom. The van der Waals surface area contributed by atoms with Gasteiger partial charge in [-0.05, 0) is 58.7 Å². The fourth-order valence-corrected chi connectivity index (χ4v) is 2.63. The largest absolute Gasteiger partial charge is 0.439 e. The molecule has 1 aliphatic rings. The monoisotopic (exact) mass is 340 g/mol.